The highest BCUT2D eigenvalue weighted by Gasteiger charge is 2.25. The Bertz CT molecular complexity index is 764. The standard InChI is InChI=1S/C17H14Cl2N2OS/c18-14-5-1-3-12(9-14)11-23-17-20-7-8-21(17)16(22)13-4-2-6-15(19)10-13/h1-6,9-10H,7-8,11H2. The Labute approximate surface area is 149 Å². The number of amidine groups is 1. The van der Waals surface area contributed by atoms with Crippen LogP contribution in [0.5, 0.6) is 0 Å². The van der Waals surface area contributed by atoms with E-state index in [0.29, 0.717) is 28.7 Å². The van der Waals surface area contributed by atoms with Gasteiger partial charge in [-0.3, -0.25) is 14.7 Å². The van der Waals surface area contributed by atoms with Gasteiger partial charge in [-0.15, -0.1) is 0 Å². The number of thioether (sulfide) groups is 1. The van der Waals surface area contributed by atoms with Crippen molar-refractivity contribution < 1.29 is 4.79 Å². The van der Waals surface area contributed by atoms with E-state index in [0.717, 1.165) is 16.5 Å². The second-order valence-corrected chi connectivity index (χ2v) is 6.87. The molecule has 1 heterocycles. The lowest BCUT2D eigenvalue weighted by Gasteiger charge is -2.18. The van der Waals surface area contributed by atoms with Crippen molar-refractivity contribution in [3.63, 3.8) is 0 Å². The molecule has 1 aliphatic rings. The quantitative estimate of drug-likeness (QED) is 0.787. The molecule has 3 nitrogen and oxygen atoms in total. The molecule has 0 saturated heterocycles. The van der Waals surface area contributed by atoms with Gasteiger partial charge in [-0.05, 0) is 35.9 Å². The van der Waals surface area contributed by atoms with Crippen LogP contribution >= 0.6 is 35.0 Å². The predicted molar refractivity (Wildman–Crippen MR) is 97.5 cm³/mol. The Balaban J connectivity index is 1.69. The van der Waals surface area contributed by atoms with Crippen LogP contribution in [-0.2, 0) is 5.75 Å². The van der Waals surface area contributed by atoms with Crippen LogP contribution in [0.3, 0.4) is 0 Å². The van der Waals surface area contributed by atoms with E-state index < -0.39 is 0 Å². The Morgan fingerprint density at radius 1 is 1.13 bits per heavy atom. The number of hydrogen-bond acceptors (Lipinski definition) is 3. The molecule has 3 rings (SSSR count). The van der Waals surface area contributed by atoms with Gasteiger partial charge in [0, 0.05) is 27.9 Å². The number of hydrogen-bond donors (Lipinski definition) is 0. The summed E-state index contributed by atoms with van der Waals surface area (Å²) in [6.45, 7) is 1.23. The van der Waals surface area contributed by atoms with Crippen LogP contribution in [0.2, 0.25) is 10.0 Å². The predicted octanol–water partition coefficient (Wildman–Crippen LogP) is 4.74. The topological polar surface area (TPSA) is 32.7 Å². The molecule has 0 saturated carbocycles. The summed E-state index contributed by atoms with van der Waals surface area (Å²) in [7, 11) is 0. The number of rotatable bonds is 3. The minimum absolute atomic E-state index is 0.0673. The van der Waals surface area contributed by atoms with Gasteiger partial charge in [-0.2, -0.15) is 0 Å². The number of benzene rings is 2. The van der Waals surface area contributed by atoms with Crippen molar-refractivity contribution >= 4 is 46.0 Å². The van der Waals surface area contributed by atoms with E-state index in [1.54, 1.807) is 40.9 Å². The highest BCUT2D eigenvalue weighted by molar-refractivity contribution is 8.13. The number of nitrogens with zero attached hydrogens (tertiary/aromatic N) is 2. The van der Waals surface area contributed by atoms with Crippen molar-refractivity contribution in [2.24, 2.45) is 4.99 Å². The Morgan fingerprint density at radius 3 is 2.61 bits per heavy atom. The van der Waals surface area contributed by atoms with Crippen molar-refractivity contribution in [3.05, 3.63) is 69.7 Å². The molecule has 0 N–H and O–H groups in total. The monoisotopic (exact) mass is 364 g/mol. The second kappa shape index (κ2) is 7.39. The number of halogens is 2. The first-order chi connectivity index (χ1) is 11.1. The normalized spacial score (nSPS) is 14.0. The zero-order chi connectivity index (χ0) is 16.2. The molecule has 0 bridgehead atoms. The smallest absolute Gasteiger partial charge is 0.259 e. The third kappa shape index (κ3) is 4.08. The molecule has 1 amide bonds. The lowest BCUT2D eigenvalue weighted by molar-refractivity contribution is 0.0860. The largest absolute Gasteiger partial charge is 0.286 e. The summed E-state index contributed by atoms with van der Waals surface area (Å²) in [6, 6.07) is 14.7. The summed E-state index contributed by atoms with van der Waals surface area (Å²) in [6.07, 6.45) is 0. The molecule has 0 spiro atoms. The molecule has 2 aromatic carbocycles. The van der Waals surface area contributed by atoms with Crippen molar-refractivity contribution in [1.82, 2.24) is 4.90 Å². The average Bonchev–Trinajstić information content (AvgIpc) is 3.01. The lowest BCUT2D eigenvalue weighted by atomic mass is 10.2. The molecule has 23 heavy (non-hydrogen) atoms. The van der Waals surface area contributed by atoms with Gasteiger partial charge in [0.2, 0.25) is 0 Å². The van der Waals surface area contributed by atoms with Crippen LogP contribution in [0.1, 0.15) is 15.9 Å². The van der Waals surface area contributed by atoms with Crippen LogP contribution in [-0.4, -0.2) is 29.1 Å². The van der Waals surface area contributed by atoms with Crippen molar-refractivity contribution in [2.45, 2.75) is 5.75 Å². The average molecular weight is 365 g/mol. The van der Waals surface area contributed by atoms with E-state index >= 15 is 0 Å². The first-order valence-corrected chi connectivity index (χ1v) is 8.87. The number of carbonyl (C=O) groups is 1. The number of aliphatic imine (C=N–C) groups is 1. The summed E-state index contributed by atoms with van der Waals surface area (Å²) in [4.78, 5) is 18.8. The van der Waals surface area contributed by atoms with Gasteiger partial charge in [-0.25, -0.2) is 0 Å². The zero-order valence-electron chi connectivity index (χ0n) is 12.2. The molecule has 1 aliphatic heterocycles. The summed E-state index contributed by atoms with van der Waals surface area (Å²) in [5.74, 6) is 0.654. The number of amides is 1. The van der Waals surface area contributed by atoms with E-state index in [4.69, 9.17) is 23.2 Å². The van der Waals surface area contributed by atoms with E-state index in [9.17, 15) is 4.79 Å². The first-order valence-electron chi connectivity index (χ1n) is 7.12. The van der Waals surface area contributed by atoms with Gasteiger partial charge in [0.15, 0.2) is 5.17 Å². The molecule has 2 aromatic rings. The van der Waals surface area contributed by atoms with Crippen LogP contribution < -0.4 is 0 Å². The molecule has 0 radical (unpaired) electrons. The zero-order valence-corrected chi connectivity index (χ0v) is 14.5. The summed E-state index contributed by atoms with van der Waals surface area (Å²) in [5.41, 5.74) is 1.68. The minimum Gasteiger partial charge on any atom is -0.286 e. The maximum absolute atomic E-state index is 12.6. The van der Waals surface area contributed by atoms with Crippen LogP contribution in [0.25, 0.3) is 0 Å². The minimum atomic E-state index is -0.0673. The third-order valence-electron chi connectivity index (χ3n) is 3.38. The molecule has 0 aliphatic carbocycles. The van der Waals surface area contributed by atoms with Gasteiger partial charge in [0.25, 0.3) is 5.91 Å². The first kappa shape index (κ1) is 16.4. The van der Waals surface area contributed by atoms with Gasteiger partial charge < -0.3 is 0 Å². The van der Waals surface area contributed by atoms with Gasteiger partial charge in [0.05, 0.1) is 6.54 Å². The highest BCUT2D eigenvalue weighted by atomic mass is 35.5. The van der Waals surface area contributed by atoms with Crippen LogP contribution in [0.4, 0.5) is 0 Å². The molecule has 118 valence electrons. The Kier molecular flexibility index (Phi) is 5.26. The summed E-state index contributed by atoms with van der Waals surface area (Å²) < 4.78 is 0. The van der Waals surface area contributed by atoms with Gasteiger partial charge in [-0.1, -0.05) is 53.2 Å². The number of carbonyl (C=O) groups excluding carboxylic acids is 1. The molecule has 0 atom stereocenters. The molecular weight excluding hydrogens is 351 g/mol. The molecular formula is C17H14Cl2N2OS. The molecule has 0 fully saturated rings. The Hall–Kier alpha value is -1.49. The SMILES string of the molecule is O=C(c1cccc(Cl)c1)N1CCN=C1SCc1cccc(Cl)c1. The third-order valence-corrected chi connectivity index (χ3v) is 4.93. The summed E-state index contributed by atoms with van der Waals surface area (Å²) >= 11 is 13.5. The van der Waals surface area contributed by atoms with Crippen molar-refractivity contribution in [2.75, 3.05) is 13.1 Å². The van der Waals surface area contributed by atoms with E-state index in [1.807, 2.05) is 24.3 Å². The second-order valence-electron chi connectivity index (χ2n) is 5.05. The maximum Gasteiger partial charge on any atom is 0.259 e. The highest BCUT2D eigenvalue weighted by Crippen LogP contribution is 2.23. The van der Waals surface area contributed by atoms with E-state index in [-0.39, 0.29) is 5.91 Å². The lowest BCUT2D eigenvalue weighted by Crippen LogP contribution is -2.32. The summed E-state index contributed by atoms with van der Waals surface area (Å²) in [5, 5.41) is 2.01. The van der Waals surface area contributed by atoms with E-state index in [2.05, 4.69) is 4.99 Å². The Morgan fingerprint density at radius 2 is 1.87 bits per heavy atom. The van der Waals surface area contributed by atoms with Crippen LogP contribution in [0.15, 0.2) is 53.5 Å². The molecule has 0 unspecified atom stereocenters. The molecule has 0 aromatic heterocycles. The van der Waals surface area contributed by atoms with Crippen molar-refractivity contribution in [3.8, 4) is 0 Å². The maximum atomic E-state index is 12.6. The fraction of sp³-hybridized carbons (Fsp3) is 0.176. The fourth-order valence-corrected chi connectivity index (χ4v) is 3.68. The van der Waals surface area contributed by atoms with Gasteiger partial charge >= 0.3 is 0 Å². The fourth-order valence-electron chi connectivity index (χ4n) is 2.29. The van der Waals surface area contributed by atoms with E-state index in [1.165, 1.54) is 0 Å². The van der Waals surface area contributed by atoms with Crippen molar-refractivity contribution in [1.29, 1.82) is 0 Å². The van der Waals surface area contributed by atoms with Crippen LogP contribution in [0, 0.1) is 0 Å². The van der Waals surface area contributed by atoms with Gasteiger partial charge in [0.1, 0.15) is 0 Å². The molecule has 6 heteroatoms.